The molecule has 5 nitrogen and oxygen atoms in total. The van der Waals surface area contributed by atoms with Gasteiger partial charge < -0.3 is 15.0 Å². The van der Waals surface area contributed by atoms with Crippen molar-refractivity contribution in [3.05, 3.63) is 63.1 Å². The summed E-state index contributed by atoms with van der Waals surface area (Å²) in [5.74, 6) is -0.124. The molecule has 0 saturated heterocycles. The summed E-state index contributed by atoms with van der Waals surface area (Å²) in [7, 11) is 0. The van der Waals surface area contributed by atoms with Crippen LogP contribution >= 0.6 is 34.8 Å². The first kappa shape index (κ1) is 23.3. The fourth-order valence-corrected chi connectivity index (χ4v) is 3.25. The standard InChI is InChI=1S/C21H23Cl3N2O3/c1-3-9-25-21(28)14(2)26(12-15-7-8-17(23)11-19(15)24)20(27)13-29-18-6-4-5-16(22)10-18/h4-8,10-11,14H,3,9,12-13H2,1-2H3,(H,25,28). The Kier molecular flexibility index (Phi) is 9.08. The highest BCUT2D eigenvalue weighted by Gasteiger charge is 2.27. The number of carbonyl (C=O) groups is 2. The molecule has 0 aliphatic heterocycles. The lowest BCUT2D eigenvalue weighted by atomic mass is 10.1. The van der Waals surface area contributed by atoms with Crippen LogP contribution < -0.4 is 10.1 Å². The second kappa shape index (κ2) is 11.3. The minimum Gasteiger partial charge on any atom is -0.484 e. The second-order valence-electron chi connectivity index (χ2n) is 6.47. The molecule has 0 fully saturated rings. The normalized spacial score (nSPS) is 11.6. The molecule has 0 radical (unpaired) electrons. The van der Waals surface area contributed by atoms with Crippen LogP contribution in [0.25, 0.3) is 0 Å². The fraction of sp³-hybridized carbons (Fsp3) is 0.333. The summed E-state index contributed by atoms with van der Waals surface area (Å²) in [5.41, 5.74) is 0.683. The Morgan fingerprint density at radius 2 is 1.83 bits per heavy atom. The van der Waals surface area contributed by atoms with Gasteiger partial charge in [-0.15, -0.1) is 0 Å². The number of hydrogen-bond acceptors (Lipinski definition) is 3. The third kappa shape index (κ3) is 7.11. The van der Waals surface area contributed by atoms with Crippen LogP contribution in [-0.2, 0) is 16.1 Å². The minimum atomic E-state index is -0.705. The quantitative estimate of drug-likeness (QED) is 0.578. The Morgan fingerprint density at radius 1 is 1.10 bits per heavy atom. The van der Waals surface area contributed by atoms with E-state index in [1.807, 2.05) is 6.92 Å². The zero-order valence-corrected chi connectivity index (χ0v) is 18.5. The highest BCUT2D eigenvalue weighted by Crippen LogP contribution is 2.23. The zero-order valence-electron chi connectivity index (χ0n) is 16.3. The fourth-order valence-electron chi connectivity index (χ4n) is 2.60. The van der Waals surface area contributed by atoms with Crippen molar-refractivity contribution in [2.24, 2.45) is 0 Å². The molecule has 156 valence electrons. The topological polar surface area (TPSA) is 58.6 Å². The highest BCUT2D eigenvalue weighted by atomic mass is 35.5. The summed E-state index contributed by atoms with van der Waals surface area (Å²) < 4.78 is 5.57. The zero-order chi connectivity index (χ0) is 21.4. The molecule has 0 spiro atoms. The molecule has 0 bridgehead atoms. The Hall–Kier alpha value is -1.95. The molecule has 0 aliphatic carbocycles. The number of ether oxygens (including phenoxy) is 1. The van der Waals surface area contributed by atoms with E-state index in [2.05, 4.69) is 5.32 Å². The van der Waals surface area contributed by atoms with Crippen molar-refractivity contribution in [3.8, 4) is 5.75 Å². The maximum atomic E-state index is 12.9. The molecule has 0 heterocycles. The molecule has 2 aromatic rings. The number of rotatable bonds is 9. The van der Waals surface area contributed by atoms with Gasteiger partial charge in [0.1, 0.15) is 11.8 Å². The third-order valence-electron chi connectivity index (χ3n) is 4.23. The predicted molar refractivity (Wildman–Crippen MR) is 117 cm³/mol. The van der Waals surface area contributed by atoms with Gasteiger partial charge in [0.2, 0.25) is 5.91 Å². The largest absolute Gasteiger partial charge is 0.484 e. The molecule has 1 unspecified atom stereocenters. The van der Waals surface area contributed by atoms with Crippen molar-refractivity contribution >= 4 is 46.6 Å². The minimum absolute atomic E-state index is 0.147. The number of nitrogens with zero attached hydrogens (tertiary/aromatic N) is 1. The summed E-state index contributed by atoms with van der Waals surface area (Å²) in [6, 6.07) is 11.1. The summed E-state index contributed by atoms with van der Waals surface area (Å²) in [6.07, 6.45) is 0.799. The maximum absolute atomic E-state index is 12.9. The first-order valence-corrected chi connectivity index (χ1v) is 10.3. The van der Waals surface area contributed by atoms with E-state index >= 15 is 0 Å². The average molecular weight is 458 g/mol. The van der Waals surface area contributed by atoms with Crippen molar-refractivity contribution in [1.29, 1.82) is 0 Å². The molecule has 2 amide bonds. The van der Waals surface area contributed by atoms with E-state index in [1.54, 1.807) is 49.4 Å². The Labute approximate surface area is 185 Å². The monoisotopic (exact) mass is 456 g/mol. The smallest absolute Gasteiger partial charge is 0.261 e. The summed E-state index contributed by atoms with van der Waals surface area (Å²) >= 11 is 18.2. The molecule has 8 heteroatoms. The molecule has 2 aromatic carbocycles. The van der Waals surface area contributed by atoms with Crippen LogP contribution in [0.2, 0.25) is 15.1 Å². The van der Waals surface area contributed by atoms with Gasteiger partial charge in [-0.1, -0.05) is 53.9 Å². The van der Waals surface area contributed by atoms with Gasteiger partial charge in [0.25, 0.3) is 5.91 Å². The van der Waals surface area contributed by atoms with E-state index in [9.17, 15) is 9.59 Å². The van der Waals surface area contributed by atoms with Crippen molar-refractivity contribution in [1.82, 2.24) is 10.2 Å². The van der Waals surface area contributed by atoms with Crippen molar-refractivity contribution in [2.75, 3.05) is 13.2 Å². The predicted octanol–water partition coefficient (Wildman–Crippen LogP) is 4.97. The lowest BCUT2D eigenvalue weighted by Crippen LogP contribution is -2.49. The molecule has 0 aromatic heterocycles. The Morgan fingerprint density at radius 3 is 2.48 bits per heavy atom. The SMILES string of the molecule is CCCNC(=O)C(C)N(Cc1ccc(Cl)cc1Cl)C(=O)COc1cccc(Cl)c1. The number of halogens is 3. The first-order valence-electron chi connectivity index (χ1n) is 9.21. The molecular formula is C21H23Cl3N2O3. The molecule has 1 N–H and O–H groups in total. The van der Waals surface area contributed by atoms with Gasteiger partial charge >= 0.3 is 0 Å². The maximum Gasteiger partial charge on any atom is 0.261 e. The van der Waals surface area contributed by atoms with Crippen molar-refractivity contribution < 1.29 is 14.3 Å². The van der Waals surface area contributed by atoms with Crippen LogP contribution in [0, 0.1) is 0 Å². The van der Waals surface area contributed by atoms with Gasteiger partial charge in [0, 0.05) is 28.2 Å². The van der Waals surface area contributed by atoms with Crippen LogP contribution in [0.1, 0.15) is 25.8 Å². The van der Waals surface area contributed by atoms with Crippen LogP contribution in [0.4, 0.5) is 0 Å². The van der Waals surface area contributed by atoms with Crippen LogP contribution in [0.15, 0.2) is 42.5 Å². The molecule has 1 atom stereocenters. The van der Waals surface area contributed by atoms with Crippen molar-refractivity contribution in [2.45, 2.75) is 32.9 Å². The van der Waals surface area contributed by atoms with Crippen LogP contribution in [0.3, 0.4) is 0 Å². The van der Waals surface area contributed by atoms with E-state index in [0.717, 1.165) is 6.42 Å². The van der Waals surface area contributed by atoms with Gasteiger partial charge in [0.05, 0.1) is 0 Å². The van der Waals surface area contributed by atoms with Crippen LogP contribution in [-0.4, -0.2) is 35.9 Å². The lowest BCUT2D eigenvalue weighted by Gasteiger charge is -2.29. The van der Waals surface area contributed by atoms with Gasteiger partial charge in [-0.3, -0.25) is 9.59 Å². The molecule has 0 saturated carbocycles. The van der Waals surface area contributed by atoms with Gasteiger partial charge in [-0.05, 0) is 49.2 Å². The van der Waals surface area contributed by atoms with Crippen molar-refractivity contribution in [3.63, 3.8) is 0 Å². The molecule has 2 rings (SSSR count). The van der Waals surface area contributed by atoms with Crippen LogP contribution in [0.5, 0.6) is 5.75 Å². The molecular weight excluding hydrogens is 435 g/mol. The number of nitrogens with one attached hydrogen (secondary N) is 1. The number of benzene rings is 2. The number of hydrogen-bond donors (Lipinski definition) is 1. The van der Waals surface area contributed by atoms with Gasteiger partial charge in [0.15, 0.2) is 6.61 Å². The van der Waals surface area contributed by atoms with Gasteiger partial charge in [-0.2, -0.15) is 0 Å². The number of carbonyl (C=O) groups excluding carboxylic acids is 2. The van der Waals surface area contributed by atoms with E-state index in [4.69, 9.17) is 39.5 Å². The molecule has 29 heavy (non-hydrogen) atoms. The average Bonchev–Trinajstić information content (AvgIpc) is 2.69. The third-order valence-corrected chi connectivity index (χ3v) is 5.05. The highest BCUT2D eigenvalue weighted by molar-refractivity contribution is 6.35. The Bertz CT molecular complexity index is 861. The summed E-state index contributed by atoms with van der Waals surface area (Å²) in [5, 5.41) is 4.24. The van der Waals surface area contributed by atoms with E-state index in [0.29, 0.717) is 32.9 Å². The summed E-state index contributed by atoms with van der Waals surface area (Å²) in [6.45, 7) is 4.07. The lowest BCUT2D eigenvalue weighted by molar-refractivity contribution is -0.142. The second-order valence-corrected chi connectivity index (χ2v) is 7.75. The van der Waals surface area contributed by atoms with E-state index < -0.39 is 6.04 Å². The summed E-state index contributed by atoms with van der Waals surface area (Å²) in [4.78, 5) is 26.8. The van der Waals surface area contributed by atoms with E-state index in [1.165, 1.54) is 4.90 Å². The first-order chi connectivity index (χ1) is 13.8. The van der Waals surface area contributed by atoms with E-state index in [-0.39, 0.29) is 25.0 Å². The van der Waals surface area contributed by atoms with Gasteiger partial charge in [-0.25, -0.2) is 0 Å². The molecule has 0 aliphatic rings. The Balaban J connectivity index is 2.17. The number of amides is 2.